The van der Waals surface area contributed by atoms with Crippen molar-refractivity contribution in [3.05, 3.63) is 59.4 Å². The molecule has 0 unspecified atom stereocenters. The molecule has 33 heavy (non-hydrogen) atoms. The maximum absolute atomic E-state index is 15.0. The molecule has 4 rings (SSSR count). The van der Waals surface area contributed by atoms with Gasteiger partial charge in [0.25, 0.3) is 10.0 Å². The van der Waals surface area contributed by atoms with E-state index in [-0.39, 0.29) is 5.75 Å². The van der Waals surface area contributed by atoms with Crippen molar-refractivity contribution < 1.29 is 31.1 Å². The van der Waals surface area contributed by atoms with Crippen LogP contribution in [-0.2, 0) is 16.6 Å². The average Bonchev–Trinajstić information content (AvgIpc) is 3.16. The number of sulfonamides is 1. The molecule has 0 fully saturated rings. The molecule has 0 aliphatic carbocycles. The lowest BCUT2D eigenvalue weighted by Gasteiger charge is -2.13. The van der Waals surface area contributed by atoms with Gasteiger partial charge in [-0.2, -0.15) is 5.10 Å². The third kappa shape index (κ3) is 4.37. The van der Waals surface area contributed by atoms with E-state index >= 15 is 0 Å². The van der Waals surface area contributed by atoms with Crippen molar-refractivity contribution in [1.29, 1.82) is 0 Å². The summed E-state index contributed by atoms with van der Waals surface area (Å²) in [5, 5.41) is 7.37. The summed E-state index contributed by atoms with van der Waals surface area (Å²) < 4.78 is 80.1. The number of halogens is 3. The van der Waals surface area contributed by atoms with Crippen LogP contribution < -0.4 is 14.2 Å². The van der Waals surface area contributed by atoms with Crippen molar-refractivity contribution in [3.63, 3.8) is 0 Å². The number of fused-ring (bicyclic) bond motifs is 1. The number of aryl methyl sites for hydroxylation is 1. The number of nitrogens with zero attached hydrogens (tertiary/aromatic N) is 4. The second-order valence-electron chi connectivity index (χ2n) is 6.68. The number of nitrogens with one attached hydrogen (secondary N) is 2. The molecule has 10 nitrogen and oxygen atoms in total. The third-order valence-electron chi connectivity index (χ3n) is 4.53. The number of hydrogen-bond donors (Lipinski definition) is 2. The number of pyridine rings is 3. The number of H-pyrrole nitrogens is 1. The summed E-state index contributed by atoms with van der Waals surface area (Å²) in [6, 6.07) is 2.23. The minimum absolute atomic E-state index is 0.209. The first-order valence-corrected chi connectivity index (χ1v) is 10.7. The Kier molecular flexibility index (Phi) is 5.76. The average molecular weight is 480 g/mol. The van der Waals surface area contributed by atoms with Crippen LogP contribution in [0.3, 0.4) is 0 Å². The molecule has 4 aromatic rings. The van der Waals surface area contributed by atoms with Crippen LogP contribution in [0, 0.1) is 24.4 Å². The summed E-state index contributed by atoms with van der Waals surface area (Å²) in [6.45, 7) is 1.15. The van der Waals surface area contributed by atoms with Crippen LogP contribution in [0.1, 0.15) is 11.3 Å². The Bertz CT molecular complexity index is 1460. The van der Waals surface area contributed by atoms with Crippen LogP contribution in [0.15, 0.2) is 35.6 Å². The minimum Gasteiger partial charge on any atom is -0.487 e. The summed E-state index contributed by atoms with van der Waals surface area (Å²) in [5.74, 6) is -4.37. The number of hydrogen-bond acceptors (Lipinski definition) is 8. The van der Waals surface area contributed by atoms with E-state index in [0.717, 1.165) is 13.3 Å². The molecule has 0 bridgehead atoms. The lowest BCUT2D eigenvalue weighted by atomic mass is 10.2. The lowest BCUT2D eigenvalue weighted by Crippen LogP contribution is -2.18. The molecule has 0 amide bonds. The molecule has 0 saturated carbocycles. The number of rotatable bonds is 7. The standard InChI is InChI=1S/C19H15F3N6O4S/c1-9-12-4-11(6-23-17(12)27-26-9)32-8-13-14(21)7-24-18(16(13)22)28-33(29,30)15-3-10(20)5-25-19(15)31-2/h3-7H,8H2,1-2H3,(H,24,28)(H,23,26,27). The number of ether oxygens (including phenoxy) is 2. The Hall–Kier alpha value is -3.94. The Morgan fingerprint density at radius 3 is 2.64 bits per heavy atom. The lowest BCUT2D eigenvalue weighted by molar-refractivity contribution is 0.291. The first-order valence-electron chi connectivity index (χ1n) is 9.18. The summed E-state index contributed by atoms with van der Waals surface area (Å²) in [4.78, 5) is 10.4. The summed E-state index contributed by atoms with van der Waals surface area (Å²) in [5.41, 5.74) is 0.583. The molecule has 0 aliphatic rings. The number of aromatic amines is 1. The second kappa shape index (κ2) is 8.54. The molecule has 172 valence electrons. The third-order valence-corrected chi connectivity index (χ3v) is 5.87. The van der Waals surface area contributed by atoms with Gasteiger partial charge in [0.2, 0.25) is 5.88 Å². The predicted octanol–water partition coefficient (Wildman–Crippen LogP) is 2.86. The fourth-order valence-electron chi connectivity index (χ4n) is 2.89. The fraction of sp³-hybridized carbons (Fsp3) is 0.158. The smallest absolute Gasteiger partial charge is 0.268 e. The van der Waals surface area contributed by atoms with E-state index in [1.807, 2.05) is 4.72 Å². The van der Waals surface area contributed by atoms with Gasteiger partial charge in [-0.1, -0.05) is 0 Å². The van der Waals surface area contributed by atoms with E-state index < -0.39 is 56.2 Å². The van der Waals surface area contributed by atoms with Crippen molar-refractivity contribution >= 4 is 26.9 Å². The molecule has 0 aromatic carbocycles. The van der Waals surface area contributed by atoms with E-state index in [1.165, 1.54) is 6.20 Å². The topological polar surface area (TPSA) is 132 Å². The molecular weight excluding hydrogens is 465 g/mol. The number of methoxy groups -OCH3 is 1. The first-order chi connectivity index (χ1) is 15.7. The quantitative estimate of drug-likeness (QED) is 0.413. The summed E-state index contributed by atoms with van der Waals surface area (Å²) in [7, 11) is -3.46. The Morgan fingerprint density at radius 1 is 1.09 bits per heavy atom. The zero-order chi connectivity index (χ0) is 23.8. The molecule has 0 atom stereocenters. The number of aromatic nitrogens is 5. The van der Waals surface area contributed by atoms with Crippen molar-refractivity contribution in [2.45, 2.75) is 18.4 Å². The molecular formula is C19H15F3N6O4S. The summed E-state index contributed by atoms with van der Waals surface area (Å²) >= 11 is 0. The Balaban J connectivity index is 1.61. The van der Waals surface area contributed by atoms with Gasteiger partial charge in [-0.3, -0.25) is 9.82 Å². The van der Waals surface area contributed by atoms with Gasteiger partial charge in [0.05, 0.1) is 37.0 Å². The van der Waals surface area contributed by atoms with Gasteiger partial charge in [0.15, 0.2) is 28.0 Å². The Morgan fingerprint density at radius 2 is 1.88 bits per heavy atom. The van der Waals surface area contributed by atoms with E-state index in [1.54, 1.807) is 13.0 Å². The van der Waals surface area contributed by atoms with E-state index in [2.05, 4.69) is 25.1 Å². The van der Waals surface area contributed by atoms with E-state index in [9.17, 15) is 21.6 Å². The van der Waals surface area contributed by atoms with Crippen molar-refractivity contribution in [2.75, 3.05) is 11.8 Å². The first kappa shape index (κ1) is 22.3. The second-order valence-corrected chi connectivity index (χ2v) is 8.33. The molecule has 0 saturated heterocycles. The molecule has 14 heteroatoms. The van der Waals surface area contributed by atoms with Crippen LogP contribution in [0.25, 0.3) is 11.0 Å². The van der Waals surface area contributed by atoms with Gasteiger partial charge < -0.3 is 9.47 Å². The molecule has 0 aliphatic heterocycles. The fourth-order valence-corrected chi connectivity index (χ4v) is 4.03. The van der Waals surface area contributed by atoms with Crippen LogP contribution in [0.2, 0.25) is 0 Å². The molecule has 0 spiro atoms. The molecule has 4 heterocycles. The minimum atomic E-state index is -4.58. The van der Waals surface area contributed by atoms with Crippen LogP contribution in [0.5, 0.6) is 11.6 Å². The van der Waals surface area contributed by atoms with Crippen molar-refractivity contribution in [3.8, 4) is 11.6 Å². The van der Waals surface area contributed by atoms with Gasteiger partial charge in [0.1, 0.15) is 18.2 Å². The van der Waals surface area contributed by atoms with Crippen LogP contribution in [0.4, 0.5) is 19.0 Å². The van der Waals surface area contributed by atoms with Crippen LogP contribution in [-0.4, -0.2) is 40.7 Å². The molecule has 2 N–H and O–H groups in total. The predicted molar refractivity (Wildman–Crippen MR) is 109 cm³/mol. The largest absolute Gasteiger partial charge is 0.487 e. The SMILES string of the molecule is COc1ncc(F)cc1S(=O)(=O)Nc1ncc(F)c(COc2cnc3[nH]nc(C)c3c2)c1F. The maximum atomic E-state index is 15.0. The van der Waals surface area contributed by atoms with Crippen LogP contribution >= 0.6 is 0 Å². The highest BCUT2D eigenvalue weighted by atomic mass is 32.2. The van der Waals surface area contributed by atoms with Gasteiger partial charge in [-0.05, 0) is 13.0 Å². The van der Waals surface area contributed by atoms with Gasteiger partial charge >= 0.3 is 0 Å². The van der Waals surface area contributed by atoms with Crippen molar-refractivity contribution in [2.24, 2.45) is 0 Å². The van der Waals surface area contributed by atoms with Gasteiger partial charge in [0, 0.05) is 11.5 Å². The summed E-state index contributed by atoms with van der Waals surface area (Å²) in [6.07, 6.45) is 2.72. The Labute approximate surface area is 184 Å². The van der Waals surface area contributed by atoms with Gasteiger partial charge in [-0.25, -0.2) is 36.5 Å². The number of anilines is 1. The normalized spacial score (nSPS) is 11.5. The van der Waals surface area contributed by atoms with Gasteiger partial charge in [-0.15, -0.1) is 0 Å². The molecule has 4 aromatic heterocycles. The van der Waals surface area contributed by atoms with E-state index in [4.69, 9.17) is 9.47 Å². The highest BCUT2D eigenvalue weighted by molar-refractivity contribution is 7.92. The highest BCUT2D eigenvalue weighted by Gasteiger charge is 2.26. The monoisotopic (exact) mass is 480 g/mol. The zero-order valence-corrected chi connectivity index (χ0v) is 17.9. The van der Waals surface area contributed by atoms with E-state index in [0.29, 0.717) is 29.0 Å². The maximum Gasteiger partial charge on any atom is 0.268 e. The zero-order valence-electron chi connectivity index (χ0n) is 17.1. The highest BCUT2D eigenvalue weighted by Crippen LogP contribution is 2.27. The molecule has 0 radical (unpaired) electrons. The van der Waals surface area contributed by atoms with Crippen molar-refractivity contribution in [1.82, 2.24) is 25.1 Å².